The topological polar surface area (TPSA) is 24.9 Å². The van der Waals surface area contributed by atoms with Crippen molar-refractivity contribution < 1.29 is 9.47 Å². The molecular formula is C21H42N2O2. The molecule has 0 amide bonds. The summed E-state index contributed by atoms with van der Waals surface area (Å²) in [5.41, 5.74) is 0.788. The minimum atomic E-state index is 0.365. The summed E-state index contributed by atoms with van der Waals surface area (Å²) in [6.45, 7) is 21.4. The summed E-state index contributed by atoms with van der Waals surface area (Å²) in [6.07, 6.45) is 5.43. The van der Waals surface area contributed by atoms with Gasteiger partial charge in [0, 0.05) is 26.2 Å². The molecule has 0 aliphatic carbocycles. The van der Waals surface area contributed by atoms with Gasteiger partial charge in [-0.1, -0.05) is 34.6 Å². The molecule has 4 heteroatoms. The SMILES string of the molecule is CC(C)(C)CCN1CCOC(CC(C)(C)CCCN2CCOCC2)C1. The highest BCUT2D eigenvalue weighted by Gasteiger charge is 2.28. The van der Waals surface area contributed by atoms with E-state index in [-0.39, 0.29) is 0 Å². The van der Waals surface area contributed by atoms with Crippen molar-refractivity contribution in [2.75, 3.05) is 59.1 Å². The Balaban J connectivity index is 1.67. The van der Waals surface area contributed by atoms with Gasteiger partial charge in [0.05, 0.1) is 25.9 Å². The van der Waals surface area contributed by atoms with Crippen LogP contribution in [0, 0.1) is 10.8 Å². The summed E-state index contributed by atoms with van der Waals surface area (Å²) < 4.78 is 11.5. The number of hydrogen-bond acceptors (Lipinski definition) is 4. The summed E-state index contributed by atoms with van der Waals surface area (Å²) >= 11 is 0. The molecule has 2 saturated heterocycles. The molecule has 0 saturated carbocycles. The predicted molar refractivity (Wildman–Crippen MR) is 105 cm³/mol. The number of hydrogen-bond donors (Lipinski definition) is 0. The molecule has 25 heavy (non-hydrogen) atoms. The Morgan fingerprint density at radius 3 is 2.20 bits per heavy atom. The lowest BCUT2D eigenvalue weighted by atomic mass is 9.81. The Bertz CT molecular complexity index is 373. The molecule has 1 unspecified atom stereocenters. The molecule has 0 aromatic carbocycles. The van der Waals surface area contributed by atoms with Gasteiger partial charge in [-0.25, -0.2) is 0 Å². The van der Waals surface area contributed by atoms with Crippen LogP contribution in [0.15, 0.2) is 0 Å². The van der Waals surface area contributed by atoms with Crippen molar-refractivity contribution in [1.82, 2.24) is 9.80 Å². The standard InChI is InChI=1S/C21H42N2O2/c1-20(2,3)8-10-23-13-16-25-19(18-23)17-21(4,5)7-6-9-22-11-14-24-15-12-22/h19H,6-18H2,1-5H3. The first kappa shape index (κ1) is 21.1. The molecule has 4 nitrogen and oxygen atoms in total. The minimum absolute atomic E-state index is 0.365. The fourth-order valence-corrected chi connectivity index (χ4v) is 3.92. The zero-order valence-corrected chi connectivity index (χ0v) is 17.5. The second kappa shape index (κ2) is 9.68. The van der Waals surface area contributed by atoms with Crippen molar-refractivity contribution in [1.29, 1.82) is 0 Å². The minimum Gasteiger partial charge on any atom is -0.379 e. The average molecular weight is 355 g/mol. The van der Waals surface area contributed by atoms with Crippen LogP contribution < -0.4 is 0 Å². The van der Waals surface area contributed by atoms with Gasteiger partial charge in [0.2, 0.25) is 0 Å². The molecule has 2 heterocycles. The third-order valence-corrected chi connectivity index (χ3v) is 5.61. The second-order valence-electron chi connectivity index (χ2n) is 10.0. The Morgan fingerprint density at radius 2 is 1.52 bits per heavy atom. The Kier molecular flexibility index (Phi) is 8.19. The molecule has 2 rings (SSSR count). The van der Waals surface area contributed by atoms with Gasteiger partial charge in [-0.2, -0.15) is 0 Å². The molecule has 2 aliphatic heterocycles. The fourth-order valence-electron chi connectivity index (χ4n) is 3.92. The maximum atomic E-state index is 6.10. The normalized spacial score (nSPS) is 24.6. The summed E-state index contributed by atoms with van der Waals surface area (Å²) in [6, 6.07) is 0. The van der Waals surface area contributed by atoms with E-state index in [9.17, 15) is 0 Å². The van der Waals surface area contributed by atoms with Crippen molar-refractivity contribution in [3.05, 3.63) is 0 Å². The smallest absolute Gasteiger partial charge is 0.0707 e. The number of rotatable bonds is 8. The van der Waals surface area contributed by atoms with E-state index in [0.717, 1.165) is 46.0 Å². The van der Waals surface area contributed by atoms with Gasteiger partial charge >= 0.3 is 0 Å². The van der Waals surface area contributed by atoms with Gasteiger partial charge in [0.1, 0.15) is 0 Å². The monoisotopic (exact) mass is 354 g/mol. The Morgan fingerprint density at radius 1 is 0.840 bits per heavy atom. The van der Waals surface area contributed by atoms with Gasteiger partial charge < -0.3 is 9.47 Å². The summed E-state index contributed by atoms with van der Waals surface area (Å²) in [5, 5.41) is 0. The third kappa shape index (κ3) is 8.85. The van der Waals surface area contributed by atoms with E-state index in [1.165, 1.54) is 38.8 Å². The first-order chi connectivity index (χ1) is 11.7. The maximum Gasteiger partial charge on any atom is 0.0707 e. The lowest BCUT2D eigenvalue weighted by Gasteiger charge is -2.38. The average Bonchev–Trinajstić information content (AvgIpc) is 2.53. The predicted octanol–water partition coefficient (Wildman–Crippen LogP) is 3.65. The van der Waals surface area contributed by atoms with Crippen LogP contribution in [0.5, 0.6) is 0 Å². The van der Waals surface area contributed by atoms with Gasteiger partial charge in [-0.05, 0) is 49.6 Å². The first-order valence-corrected chi connectivity index (χ1v) is 10.4. The van der Waals surface area contributed by atoms with E-state index in [4.69, 9.17) is 9.47 Å². The third-order valence-electron chi connectivity index (χ3n) is 5.61. The van der Waals surface area contributed by atoms with Crippen molar-refractivity contribution in [2.45, 2.75) is 66.4 Å². The molecule has 0 radical (unpaired) electrons. The summed E-state index contributed by atoms with van der Waals surface area (Å²) in [5.74, 6) is 0. The summed E-state index contributed by atoms with van der Waals surface area (Å²) in [4.78, 5) is 5.16. The molecule has 0 aromatic rings. The van der Waals surface area contributed by atoms with Crippen molar-refractivity contribution in [3.8, 4) is 0 Å². The van der Waals surface area contributed by atoms with Gasteiger partial charge in [0.15, 0.2) is 0 Å². The molecule has 0 aromatic heterocycles. The van der Waals surface area contributed by atoms with E-state index in [2.05, 4.69) is 44.4 Å². The largest absolute Gasteiger partial charge is 0.379 e. The highest BCUT2D eigenvalue weighted by molar-refractivity contribution is 4.80. The van der Waals surface area contributed by atoms with Crippen molar-refractivity contribution in [3.63, 3.8) is 0 Å². The van der Waals surface area contributed by atoms with E-state index in [1.807, 2.05) is 0 Å². The summed E-state index contributed by atoms with van der Waals surface area (Å²) in [7, 11) is 0. The lowest BCUT2D eigenvalue weighted by molar-refractivity contribution is -0.0507. The van der Waals surface area contributed by atoms with E-state index in [0.29, 0.717) is 16.9 Å². The Hall–Kier alpha value is -0.160. The molecular weight excluding hydrogens is 312 g/mol. The first-order valence-electron chi connectivity index (χ1n) is 10.4. The van der Waals surface area contributed by atoms with E-state index >= 15 is 0 Å². The van der Waals surface area contributed by atoms with Crippen LogP contribution in [0.2, 0.25) is 0 Å². The molecule has 2 aliphatic rings. The molecule has 0 spiro atoms. The zero-order chi connectivity index (χ0) is 18.3. The maximum absolute atomic E-state index is 6.10. The van der Waals surface area contributed by atoms with Gasteiger partial charge in [-0.3, -0.25) is 9.80 Å². The molecule has 2 fully saturated rings. The van der Waals surface area contributed by atoms with Crippen LogP contribution in [0.4, 0.5) is 0 Å². The molecule has 1 atom stereocenters. The van der Waals surface area contributed by atoms with E-state index in [1.54, 1.807) is 0 Å². The number of ether oxygens (including phenoxy) is 2. The Labute approximate surface area is 156 Å². The van der Waals surface area contributed by atoms with Crippen LogP contribution in [0.1, 0.15) is 60.3 Å². The highest BCUT2D eigenvalue weighted by atomic mass is 16.5. The van der Waals surface area contributed by atoms with Gasteiger partial charge in [-0.15, -0.1) is 0 Å². The van der Waals surface area contributed by atoms with Crippen LogP contribution >= 0.6 is 0 Å². The van der Waals surface area contributed by atoms with Crippen LogP contribution in [0.3, 0.4) is 0 Å². The number of morpholine rings is 2. The molecule has 0 N–H and O–H groups in total. The van der Waals surface area contributed by atoms with Crippen molar-refractivity contribution in [2.24, 2.45) is 10.8 Å². The molecule has 148 valence electrons. The quantitative estimate of drug-likeness (QED) is 0.664. The highest BCUT2D eigenvalue weighted by Crippen LogP contribution is 2.31. The van der Waals surface area contributed by atoms with Crippen molar-refractivity contribution >= 4 is 0 Å². The zero-order valence-electron chi connectivity index (χ0n) is 17.5. The fraction of sp³-hybridized carbons (Fsp3) is 1.00. The van der Waals surface area contributed by atoms with Crippen LogP contribution in [0.25, 0.3) is 0 Å². The van der Waals surface area contributed by atoms with E-state index < -0.39 is 0 Å². The second-order valence-corrected chi connectivity index (χ2v) is 10.0. The van der Waals surface area contributed by atoms with Crippen LogP contribution in [-0.4, -0.2) is 75.0 Å². The molecule has 0 bridgehead atoms. The number of nitrogens with zero attached hydrogens (tertiary/aromatic N) is 2. The van der Waals surface area contributed by atoms with Gasteiger partial charge in [0.25, 0.3) is 0 Å². The van der Waals surface area contributed by atoms with Crippen LogP contribution in [-0.2, 0) is 9.47 Å². The lowest BCUT2D eigenvalue weighted by Crippen LogP contribution is -2.45.